The predicted molar refractivity (Wildman–Crippen MR) is 57.8 cm³/mol. The lowest BCUT2D eigenvalue weighted by Gasteiger charge is -2.11. The van der Waals surface area contributed by atoms with Gasteiger partial charge in [0.2, 0.25) is 0 Å². The molecular formula is C11H14N4. The van der Waals surface area contributed by atoms with E-state index in [-0.39, 0.29) is 0 Å². The average Bonchev–Trinajstić information content (AvgIpc) is 2.83. The van der Waals surface area contributed by atoms with E-state index in [0.717, 1.165) is 24.6 Å². The van der Waals surface area contributed by atoms with Crippen molar-refractivity contribution in [3.8, 4) is 0 Å². The molecule has 1 aliphatic heterocycles. The molecule has 0 amide bonds. The number of nitrogens with one attached hydrogen (secondary N) is 1. The number of hydrogen-bond donors (Lipinski definition) is 1. The first-order valence-corrected chi connectivity index (χ1v) is 5.36. The summed E-state index contributed by atoms with van der Waals surface area (Å²) in [6.07, 6.45) is 2.04. The van der Waals surface area contributed by atoms with E-state index in [9.17, 15) is 0 Å². The fraction of sp³-hybridized carbons (Fsp3) is 0.455. The third-order valence-corrected chi connectivity index (χ3v) is 3.19. The Labute approximate surface area is 88.3 Å². The quantitative estimate of drug-likeness (QED) is 0.751. The van der Waals surface area contributed by atoms with E-state index in [1.54, 1.807) is 0 Å². The van der Waals surface area contributed by atoms with Gasteiger partial charge in [-0.1, -0.05) is 13.0 Å². The summed E-state index contributed by atoms with van der Waals surface area (Å²) in [5.41, 5.74) is 0.937. The minimum absolute atomic E-state index is 0.488. The molecule has 2 aromatic rings. The van der Waals surface area contributed by atoms with Crippen LogP contribution in [0.5, 0.6) is 0 Å². The lowest BCUT2D eigenvalue weighted by molar-refractivity contribution is 0.541. The fourth-order valence-corrected chi connectivity index (χ4v) is 2.27. The second kappa shape index (κ2) is 3.31. The normalized spacial score (nSPS) is 26.2. The first-order valence-electron chi connectivity index (χ1n) is 5.36. The molecule has 1 N–H and O–H groups in total. The van der Waals surface area contributed by atoms with Crippen LogP contribution in [-0.2, 0) is 0 Å². The Morgan fingerprint density at radius 1 is 1.33 bits per heavy atom. The van der Waals surface area contributed by atoms with Crippen molar-refractivity contribution in [3.05, 3.63) is 30.2 Å². The van der Waals surface area contributed by atoms with Crippen molar-refractivity contribution >= 4 is 5.65 Å². The Bertz CT molecular complexity index is 476. The molecule has 0 unspecified atom stereocenters. The molecule has 3 heterocycles. The number of nitrogens with zero attached hydrogens (tertiary/aromatic N) is 3. The predicted octanol–water partition coefficient (Wildman–Crippen LogP) is 1.05. The molecule has 78 valence electrons. The van der Waals surface area contributed by atoms with Gasteiger partial charge in [-0.15, -0.1) is 10.2 Å². The molecule has 1 aliphatic rings. The van der Waals surface area contributed by atoms with E-state index in [2.05, 4.69) is 26.8 Å². The molecule has 0 radical (unpaired) electrons. The standard InChI is InChI=1S/C11H14N4/c1-8-6-12-7-9(8)11-14-13-10-4-2-3-5-15(10)11/h2-5,8-9,12H,6-7H2,1H3/t8-,9-/m1/s1. The zero-order chi connectivity index (χ0) is 10.3. The minimum Gasteiger partial charge on any atom is -0.316 e. The zero-order valence-electron chi connectivity index (χ0n) is 8.72. The molecule has 15 heavy (non-hydrogen) atoms. The molecule has 1 saturated heterocycles. The van der Waals surface area contributed by atoms with Crippen molar-refractivity contribution in [3.63, 3.8) is 0 Å². The summed E-state index contributed by atoms with van der Waals surface area (Å²) in [5, 5.41) is 11.9. The van der Waals surface area contributed by atoms with Crippen LogP contribution in [0.4, 0.5) is 0 Å². The van der Waals surface area contributed by atoms with Gasteiger partial charge in [0, 0.05) is 18.7 Å². The van der Waals surface area contributed by atoms with Crippen LogP contribution in [0, 0.1) is 5.92 Å². The van der Waals surface area contributed by atoms with Crippen molar-refractivity contribution in [2.24, 2.45) is 5.92 Å². The van der Waals surface area contributed by atoms with Crippen LogP contribution in [0.1, 0.15) is 18.7 Å². The second-order valence-corrected chi connectivity index (χ2v) is 4.23. The van der Waals surface area contributed by atoms with E-state index in [4.69, 9.17) is 0 Å². The SMILES string of the molecule is C[C@@H]1CNC[C@H]1c1nnc2ccccn12. The van der Waals surface area contributed by atoms with E-state index in [1.807, 2.05) is 24.4 Å². The highest BCUT2D eigenvalue weighted by molar-refractivity contribution is 5.37. The van der Waals surface area contributed by atoms with Gasteiger partial charge in [0.05, 0.1) is 0 Å². The molecule has 0 aliphatic carbocycles. The zero-order valence-corrected chi connectivity index (χ0v) is 8.72. The molecule has 4 nitrogen and oxygen atoms in total. The maximum absolute atomic E-state index is 4.30. The monoisotopic (exact) mass is 202 g/mol. The summed E-state index contributed by atoms with van der Waals surface area (Å²) in [4.78, 5) is 0. The summed E-state index contributed by atoms with van der Waals surface area (Å²) >= 11 is 0. The summed E-state index contributed by atoms with van der Waals surface area (Å²) in [6.45, 7) is 4.35. The molecular weight excluding hydrogens is 188 g/mol. The lowest BCUT2D eigenvalue weighted by atomic mass is 9.97. The summed E-state index contributed by atoms with van der Waals surface area (Å²) in [6, 6.07) is 6.00. The smallest absolute Gasteiger partial charge is 0.160 e. The highest BCUT2D eigenvalue weighted by Gasteiger charge is 2.28. The molecule has 2 atom stereocenters. The van der Waals surface area contributed by atoms with Gasteiger partial charge in [-0.2, -0.15) is 0 Å². The number of hydrogen-bond acceptors (Lipinski definition) is 3. The Hall–Kier alpha value is -1.42. The van der Waals surface area contributed by atoms with Crippen LogP contribution in [0.25, 0.3) is 5.65 Å². The third kappa shape index (κ3) is 1.33. The number of pyridine rings is 1. The van der Waals surface area contributed by atoms with Crippen LogP contribution in [0.3, 0.4) is 0 Å². The summed E-state index contributed by atoms with van der Waals surface area (Å²) < 4.78 is 2.09. The van der Waals surface area contributed by atoms with Gasteiger partial charge in [-0.3, -0.25) is 4.40 Å². The molecule has 4 heteroatoms. The van der Waals surface area contributed by atoms with E-state index in [0.29, 0.717) is 11.8 Å². The largest absolute Gasteiger partial charge is 0.316 e. The topological polar surface area (TPSA) is 42.2 Å². The van der Waals surface area contributed by atoms with Gasteiger partial charge >= 0.3 is 0 Å². The third-order valence-electron chi connectivity index (χ3n) is 3.19. The van der Waals surface area contributed by atoms with E-state index >= 15 is 0 Å². The van der Waals surface area contributed by atoms with Crippen LogP contribution < -0.4 is 5.32 Å². The van der Waals surface area contributed by atoms with E-state index < -0.39 is 0 Å². The molecule has 0 aromatic carbocycles. The maximum Gasteiger partial charge on any atom is 0.160 e. The number of aromatic nitrogens is 3. The first kappa shape index (κ1) is 8.85. The molecule has 0 saturated carbocycles. The molecule has 3 rings (SSSR count). The fourth-order valence-electron chi connectivity index (χ4n) is 2.27. The van der Waals surface area contributed by atoms with Gasteiger partial charge in [0.25, 0.3) is 0 Å². The van der Waals surface area contributed by atoms with Crippen LogP contribution in [-0.4, -0.2) is 27.7 Å². The molecule has 1 fully saturated rings. The lowest BCUT2D eigenvalue weighted by Crippen LogP contribution is -2.11. The van der Waals surface area contributed by atoms with Gasteiger partial charge < -0.3 is 5.32 Å². The molecule has 2 aromatic heterocycles. The van der Waals surface area contributed by atoms with Gasteiger partial charge in [-0.05, 0) is 24.6 Å². The maximum atomic E-state index is 4.30. The van der Waals surface area contributed by atoms with Gasteiger partial charge in [0.1, 0.15) is 5.82 Å². The van der Waals surface area contributed by atoms with Gasteiger partial charge in [0.15, 0.2) is 5.65 Å². The highest BCUT2D eigenvalue weighted by atomic mass is 15.3. The second-order valence-electron chi connectivity index (χ2n) is 4.23. The Morgan fingerprint density at radius 3 is 3.07 bits per heavy atom. The minimum atomic E-state index is 0.488. The Morgan fingerprint density at radius 2 is 2.27 bits per heavy atom. The van der Waals surface area contributed by atoms with Crippen LogP contribution >= 0.6 is 0 Å². The van der Waals surface area contributed by atoms with Crippen molar-refractivity contribution in [1.82, 2.24) is 19.9 Å². The summed E-state index contributed by atoms with van der Waals surface area (Å²) in [7, 11) is 0. The number of rotatable bonds is 1. The highest BCUT2D eigenvalue weighted by Crippen LogP contribution is 2.26. The number of fused-ring (bicyclic) bond motifs is 1. The Balaban J connectivity index is 2.10. The summed E-state index contributed by atoms with van der Waals surface area (Å²) in [5.74, 6) is 2.21. The van der Waals surface area contributed by atoms with Crippen LogP contribution in [0.15, 0.2) is 24.4 Å². The molecule has 0 bridgehead atoms. The van der Waals surface area contributed by atoms with Crippen molar-refractivity contribution in [1.29, 1.82) is 0 Å². The van der Waals surface area contributed by atoms with Crippen molar-refractivity contribution in [2.75, 3.05) is 13.1 Å². The molecule has 0 spiro atoms. The van der Waals surface area contributed by atoms with Crippen LogP contribution in [0.2, 0.25) is 0 Å². The van der Waals surface area contributed by atoms with Gasteiger partial charge in [-0.25, -0.2) is 0 Å². The van der Waals surface area contributed by atoms with E-state index in [1.165, 1.54) is 0 Å². The Kier molecular flexibility index (Phi) is 1.95. The van der Waals surface area contributed by atoms with Crippen molar-refractivity contribution in [2.45, 2.75) is 12.8 Å². The average molecular weight is 202 g/mol. The first-order chi connectivity index (χ1) is 7.36. The van der Waals surface area contributed by atoms with Crippen molar-refractivity contribution < 1.29 is 0 Å².